The highest BCUT2D eigenvalue weighted by molar-refractivity contribution is 6.51. The zero-order chi connectivity index (χ0) is 23.0. The first kappa shape index (κ1) is 21.9. The molecule has 1 aliphatic heterocycles. The van der Waals surface area contributed by atoms with Crippen LogP contribution in [0.5, 0.6) is 5.75 Å². The van der Waals surface area contributed by atoms with E-state index >= 15 is 0 Å². The SMILES string of the molecule is COc1ccc(C2/C(=C(\O)c3ccc(Cl)cc3)C(=O)C(=O)N2c2ccc(F)c(Cl)c2)cc1. The van der Waals surface area contributed by atoms with Gasteiger partial charge in [0, 0.05) is 16.3 Å². The highest BCUT2D eigenvalue weighted by atomic mass is 35.5. The molecule has 3 aromatic carbocycles. The van der Waals surface area contributed by atoms with Crippen LogP contribution < -0.4 is 9.64 Å². The normalized spacial score (nSPS) is 17.6. The Hall–Kier alpha value is -3.35. The lowest BCUT2D eigenvalue weighted by Gasteiger charge is -2.25. The number of Topliss-reactive ketones (excluding diaryl/α,β-unsaturated/α-hetero) is 1. The van der Waals surface area contributed by atoms with Crippen LogP contribution in [0.2, 0.25) is 10.0 Å². The highest BCUT2D eigenvalue weighted by Crippen LogP contribution is 2.43. The number of rotatable bonds is 4. The Balaban J connectivity index is 1.94. The van der Waals surface area contributed by atoms with Crippen LogP contribution in [0.1, 0.15) is 17.2 Å². The molecular formula is C24H16Cl2FNO4. The summed E-state index contributed by atoms with van der Waals surface area (Å²) in [6, 6.07) is 15.7. The van der Waals surface area contributed by atoms with Gasteiger partial charge in [-0.15, -0.1) is 0 Å². The van der Waals surface area contributed by atoms with Crippen molar-refractivity contribution in [3.05, 3.63) is 99.3 Å². The maximum atomic E-state index is 13.7. The zero-order valence-electron chi connectivity index (χ0n) is 16.7. The van der Waals surface area contributed by atoms with Crippen molar-refractivity contribution in [3.63, 3.8) is 0 Å². The number of ether oxygens (including phenoxy) is 1. The molecule has 1 unspecified atom stereocenters. The lowest BCUT2D eigenvalue weighted by molar-refractivity contribution is -0.132. The van der Waals surface area contributed by atoms with Crippen LogP contribution in [0.15, 0.2) is 72.3 Å². The van der Waals surface area contributed by atoms with Gasteiger partial charge in [-0.25, -0.2) is 4.39 Å². The summed E-state index contributed by atoms with van der Waals surface area (Å²) >= 11 is 11.9. The van der Waals surface area contributed by atoms with Crippen molar-refractivity contribution in [1.82, 2.24) is 0 Å². The molecule has 1 saturated heterocycles. The maximum absolute atomic E-state index is 13.7. The Bertz CT molecular complexity index is 1240. The van der Waals surface area contributed by atoms with Gasteiger partial charge in [0.15, 0.2) is 0 Å². The average Bonchev–Trinajstić information content (AvgIpc) is 3.06. The van der Waals surface area contributed by atoms with E-state index < -0.39 is 23.5 Å². The minimum Gasteiger partial charge on any atom is -0.507 e. The van der Waals surface area contributed by atoms with E-state index in [-0.39, 0.29) is 22.0 Å². The van der Waals surface area contributed by atoms with Crippen LogP contribution in [-0.2, 0) is 9.59 Å². The van der Waals surface area contributed by atoms with Gasteiger partial charge in [0.2, 0.25) is 0 Å². The molecular weight excluding hydrogens is 456 g/mol. The maximum Gasteiger partial charge on any atom is 0.300 e. The van der Waals surface area contributed by atoms with Crippen LogP contribution in [0, 0.1) is 5.82 Å². The smallest absolute Gasteiger partial charge is 0.300 e. The number of methoxy groups -OCH3 is 1. The number of hydrogen-bond donors (Lipinski definition) is 1. The van der Waals surface area contributed by atoms with Crippen LogP contribution in [0.3, 0.4) is 0 Å². The number of carbonyl (C=O) groups is 2. The number of amides is 1. The number of halogens is 3. The average molecular weight is 472 g/mol. The summed E-state index contributed by atoms with van der Waals surface area (Å²) in [4.78, 5) is 27.3. The predicted octanol–water partition coefficient (Wildman–Crippen LogP) is 5.77. The number of aliphatic hydroxyl groups is 1. The number of carbonyl (C=O) groups excluding carboxylic acids is 2. The van der Waals surface area contributed by atoms with Crippen molar-refractivity contribution in [2.45, 2.75) is 6.04 Å². The first-order chi connectivity index (χ1) is 15.3. The second-order valence-electron chi connectivity index (χ2n) is 7.05. The van der Waals surface area contributed by atoms with Gasteiger partial charge in [-0.3, -0.25) is 14.5 Å². The van der Waals surface area contributed by atoms with Gasteiger partial charge in [0.1, 0.15) is 17.3 Å². The predicted molar refractivity (Wildman–Crippen MR) is 121 cm³/mol. The van der Waals surface area contributed by atoms with E-state index in [1.807, 2.05) is 0 Å². The molecule has 162 valence electrons. The fourth-order valence-corrected chi connectivity index (χ4v) is 3.90. The van der Waals surface area contributed by atoms with Crippen molar-refractivity contribution >= 4 is 46.3 Å². The van der Waals surface area contributed by atoms with Gasteiger partial charge in [0.05, 0.1) is 23.7 Å². The summed E-state index contributed by atoms with van der Waals surface area (Å²) in [6.07, 6.45) is 0. The molecule has 1 heterocycles. The molecule has 5 nitrogen and oxygen atoms in total. The molecule has 3 aromatic rings. The minimum atomic E-state index is -0.974. The van der Waals surface area contributed by atoms with Gasteiger partial charge in [-0.05, 0) is 60.2 Å². The molecule has 0 aliphatic carbocycles. The number of ketones is 1. The van der Waals surface area contributed by atoms with Crippen molar-refractivity contribution in [3.8, 4) is 5.75 Å². The Kier molecular flexibility index (Phi) is 5.91. The van der Waals surface area contributed by atoms with E-state index in [4.69, 9.17) is 27.9 Å². The topological polar surface area (TPSA) is 66.8 Å². The molecule has 0 bridgehead atoms. The van der Waals surface area contributed by atoms with Crippen molar-refractivity contribution in [2.75, 3.05) is 12.0 Å². The zero-order valence-corrected chi connectivity index (χ0v) is 18.2. The second-order valence-corrected chi connectivity index (χ2v) is 7.89. The molecule has 1 N–H and O–H groups in total. The molecule has 1 amide bonds. The van der Waals surface area contributed by atoms with Gasteiger partial charge < -0.3 is 9.84 Å². The van der Waals surface area contributed by atoms with Crippen molar-refractivity contribution in [2.24, 2.45) is 0 Å². The summed E-state index contributed by atoms with van der Waals surface area (Å²) in [5.74, 6) is -2.18. The first-order valence-corrected chi connectivity index (χ1v) is 10.2. The van der Waals surface area contributed by atoms with E-state index in [0.29, 0.717) is 21.9 Å². The number of aliphatic hydroxyl groups excluding tert-OH is 1. The fraction of sp³-hybridized carbons (Fsp3) is 0.0833. The number of benzene rings is 3. The number of hydrogen-bond acceptors (Lipinski definition) is 4. The number of nitrogens with zero attached hydrogens (tertiary/aromatic N) is 1. The highest BCUT2D eigenvalue weighted by Gasteiger charge is 2.47. The Morgan fingerprint density at radius 1 is 1.00 bits per heavy atom. The third kappa shape index (κ3) is 3.83. The third-order valence-corrected chi connectivity index (χ3v) is 5.72. The first-order valence-electron chi connectivity index (χ1n) is 9.47. The molecule has 0 aromatic heterocycles. The van der Waals surface area contributed by atoms with Gasteiger partial charge >= 0.3 is 0 Å². The standard InChI is InChI=1S/C24H16Cl2FNO4/c1-32-17-9-4-13(5-10-17)21-20(22(29)14-2-6-15(25)7-3-14)23(30)24(31)28(21)16-8-11-19(27)18(26)12-16/h2-12,21,29H,1H3/b22-20+. The monoisotopic (exact) mass is 471 g/mol. The largest absolute Gasteiger partial charge is 0.507 e. The molecule has 4 rings (SSSR count). The lowest BCUT2D eigenvalue weighted by atomic mass is 9.95. The Morgan fingerprint density at radius 2 is 1.66 bits per heavy atom. The van der Waals surface area contributed by atoms with E-state index in [1.165, 1.54) is 24.1 Å². The summed E-state index contributed by atoms with van der Waals surface area (Å²) in [7, 11) is 1.52. The summed E-state index contributed by atoms with van der Waals surface area (Å²) < 4.78 is 18.9. The summed E-state index contributed by atoms with van der Waals surface area (Å²) in [5, 5.41) is 11.3. The molecule has 1 aliphatic rings. The van der Waals surface area contributed by atoms with E-state index in [9.17, 15) is 19.1 Å². The quantitative estimate of drug-likeness (QED) is 0.298. The van der Waals surface area contributed by atoms with Crippen LogP contribution >= 0.6 is 23.2 Å². The Labute approximate surface area is 193 Å². The molecule has 0 radical (unpaired) electrons. The molecule has 1 atom stereocenters. The van der Waals surface area contributed by atoms with E-state index in [2.05, 4.69) is 0 Å². The van der Waals surface area contributed by atoms with Gasteiger partial charge in [-0.1, -0.05) is 35.3 Å². The molecule has 0 saturated carbocycles. The fourth-order valence-electron chi connectivity index (χ4n) is 3.60. The second kappa shape index (κ2) is 8.65. The summed E-state index contributed by atoms with van der Waals surface area (Å²) in [5.41, 5.74) is 0.974. The van der Waals surface area contributed by atoms with E-state index in [1.54, 1.807) is 48.5 Å². The Morgan fingerprint density at radius 3 is 2.25 bits per heavy atom. The molecule has 1 fully saturated rings. The van der Waals surface area contributed by atoms with Crippen molar-refractivity contribution in [1.29, 1.82) is 0 Å². The molecule has 8 heteroatoms. The van der Waals surface area contributed by atoms with Crippen molar-refractivity contribution < 1.29 is 23.8 Å². The molecule has 0 spiro atoms. The number of anilines is 1. The lowest BCUT2D eigenvalue weighted by Crippen LogP contribution is -2.29. The third-order valence-electron chi connectivity index (χ3n) is 5.17. The van der Waals surface area contributed by atoms with Gasteiger partial charge in [0.25, 0.3) is 11.7 Å². The summed E-state index contributed by atoms with van der Waals surface area (Å²) in [6.45, 7) is 0. The van der Waals surface area contributed by atoms with Crippen LogP contribution in [0.25, 0.3) is 5.76 Å². The van der Waals surface area contributed by atoms with Crippen LogP contribution in [-0.4, -0.2) is 23.9 Å². The molecule has 32 heavy (non-hydrogen) atoms. The van der Waals surface area contributed by atoms with E-state index in [0.717, 1.165) is 6.07 Å². The van der Waals surface area contributed by atoms with Gasteiger partial charge in [-0.2, -0.15) is 0 Å². The van der Waals surface area contributed by atoms with Crippen LogP contribution in [0.4, 0.5) is 10.1 Å². The minimum absolute atomic E-state index is 0.108.